The van der Waals surface area contributed by atoms with Gasteiger partial charge in [-0.15, -0.1) is 0 Å². The number of aromatic nitrogens is 1. The Morgan fingerprint density at radius 2 is 1.25 bits per heavy atom. The molecule has 2 aromatic carbocycles. The van der Waals surface area contributed by atoms with Crippen LogP contribution in [0, 0.1) is 0 Å². The molecule has 0 bridgehead atoms. The van der Waals surface area contributed by atoms with Gasteiger partial charge in [0.05, 0.1) is 20.2 Å². The van der Waals surface area contributed by atoms with Crippen LogP contribution in [0.4, 0.5) is 0 Å². The van der Waals surface area contributed by atoms with E-state index >= 15 is 0 Å². The molecule has 102 valence electrons. The van der Waals surface area contributed by atoms with E-state index in [0.717, 1.165) is 44.5 Å². The Morgan fingerprint density at radius 1 is 0.650 bits per heavy atom. The first-order valence-corrected chi connectivity index (χ1v) is 9.57. The molecule has 0 unspecified atom stereocenters. The van der Waals surface area contributed by atoms with Gasteiger partial charge in [0, 0.05) is 18.8 Å². The SMILES string of the molecule is Brc1c(Br)c(Br)c2c(Br)c(-c3ccccc3)[nH]c2c1Br. The molecule has 1 aromatic heterocycles. The number of aromatic amines is 1. The summed E-state index contributed by atoms with van der Waals surface area (Å²) in [5, 5.41) is 1.10. The monoisotopic (exact) mass is 583 g/mol. The lowest BCUT2D eigenvalue weighted by molar-refractivity contribution is 1.42. The normalized spacial score (nSPS) is 11.2. The largest absolute Gasteiger partial charge is 0.353 e. The highest BCUT2D eigenvalue weighted by Crippen LogP contribution is 2.48. The van der Waals surface area contributed by atoms with Gasteiger partial charge in [-0.1, -0.05) is 30.3 Å². The Hall–Kier alpha value is 0.380. The number of H-pyrrole nitrogens is 1. The molecule has 0 saturated heterocycles. The van der Waals surface area contributed by atoms with Crippen LogP contribution < -0.4 is 0 Å². The van der Waals surface area contributed by atoms with Crippen LogP contribution in [0.5, 0.6) is 0 Å². The van der Waals surface area contributed by atoms with Gasteiger partial charge in [-0.2, -0.15) is 0 Å². The highest BCUT2D eigenvalue weighted by Gasteiger charge is 2.20. The molecule has 1 N–H and O–H groups in total. The topological polar surface area (TPSA) is 15.8 Å². The third-order valence-electron chi connectivity index (χ3n) is 3.02. The van der Waals surface area contributed by atoms with E-state index in [2.05, 4.69) is 96.8 Å². The van der Waals surface area contributed by atoms with Crippen molar-refractivity contribution in [3.8, 4) is 11.3 Å². The summed E-state index contributed by atoms with van der Waals surface area (Å²) in [5.41, 5.74) is 3.24. The third-order valence-corrected chi connectivity index (χ3v) is 8.58. The lowest BCUT2D eigenvalue weighted by Crippen LogP contribution is -1.80. The number of fused-ring (bicyclic) bond motifs is 1. The van der Waals surface area contributed by atoms with Gasteiger partial charge in [0.15, 0.2) is 0 Å². The van der Waals surface area contributed by atoms with E-state index in [9.17, 15) is 0 Å². The molecular formula is C14H6Br5N. The summed E-state index contributed by atoms with van der Waals surface area (Å²) in [4.78, 5) is 3.48. The van der Waals surface area contributed by atoms with E-state index in [0.29, 0.717) is 0 Å². The molecule has 0 amide bonds. The summed E-state index contributed by atoms with van der Waals surface area (Å²) in [6, 6.07) is 10.2. The number of hydrogen-bond acceptors (Lipinski definition) is 0. The van der Waals surface area contributed by atoms with Crippen molar-refractivity contribution in [2.75, 3.05) is 0 Å². The Bertz CT molecular complexity index is 808. The highest BCUT2D eigenvalue weighted by atomic mass is 79.9. The molecule has 0 radical (unpaired) electrons. The van der Waals surface area contributed by atoms with Crippen LogP contribution in [-0.4, -0.2) is 4.98 Å². The van der Waals surface area contributed by atoms with Crippen LogP contribution in [0.15, 0.2) is 52.7 Å². The average molecular weight is 588 g/mol. The summed E-state index contributed by atoms with van der Waals surface area (Å²) in [5.74, 6) is 0. The zero-order valence-electron chi connectivity index (χ0n) is 9.78. The van der Waals surface area contributed by atoms with E-state index in [1.165, 1.54) is 0 Å². The number of hydrogen-bond donors (Lipinski definition) is 1. The molecule has 3 rings (SSSR count). The first kappa shape index (κ1) is 15.3. The highest BCUT2D eigenvalue weighted by molar-refractivity contribution is 9.15. The van der Waals surface area contributed by atoms with Crippen LogP contribution in [0.3, 0.4) is 0 Å². The fourth-order valence-corrected chi connectivity index (χ4v) is 5.47. The van der Waals surface area contributed by atoms with Crippen molar-refractivity contribution in [3.63, 3.8) is 0 Å². The van der Waals surface area contributed by atoms with Crippen LogP contribution in [-0.2, 0) is 0 Å². The maximum absolute atomic E-state index is 3.71. The molecule has 1 heterocycles. The van der Waals surface area contributed by atoms with E-state index in [1.54, 1.807) is 0 Å². The Kier molecular flexibility index (Phi) is 4.49. The second kappa shape index (κ2) is 5.88. The molecule has 0 spiro atoms. The predicted octanol–water partition coefficient (Wildman–Crippen LogP) is 7.65. The van der Waals surface area contributed by atoms with Crippen LogP contribution in [0.1, 0.15) is 0 Å². The van der Waals surface area contributed by atoms with Crippen molar-refractivity contribution in [2.24, 2.45) is 0 Å². The fourth-order valence-electron chi connectivity index (χ4n) is 2.06. The summed E-state index contributed by atoms with van der Waals surface area (Å²) in [6.45, 7) is 0. The Morgan fingerprint density at radius 3 is 1.90 bits per heavy atom. The third kappa shape index (κ3) is 2.37. The van der Waals surface area contributed by atoms with Crippen molar-refractivity contribution in [1.82, 2.24) is 4.98 Å². The maximum Gasteiger partial charge on any atom is 0.0638 e. The van der Waals surface area contributed by atoms with Gasteiger partial charge in [0.1, 0.15) is 0 Å². The predicted molar refractivity (Wildman–Crippen MR) is 102 cm³/mol. The molecule has 0 saturated carbocycles. The zero-order valence-corrected chi connectivity index (χ0v) is 17.7. The second-order valence-corrected chi connectivity index (χ2v) is 8.15. The van der Waals surface area contributed by atoms with Crippen LogP contribution in [0.25, 0.3) is 22.2 Å². The van der Waals surface area contributed by atoms with Gasteiger partial charge in [-0.25, -0.2) is 0 Å². The van der Waals surface area contributed by atoms with Gasteiger partial charge in [-0.3, -0.25) is 0 Å². The van der Waals surface area contributed by atoms with Gasteiger partial charge < -0.3 is 4.98 Å². The second-order valence-electron chi connectivity index (χ2n) is 4.19. The first-order valence-electron chi connectivity index (χ1n) is 5.61. The van der Waals surface area contributed by atoms with E-state index in [4.69, 9.17) is 0 Å². The van der Waals surface area contributed by atoms with Crippen molar-refractivity contribution < 1.29 is 0 Å². The standard InChI is InChI=1S/C14H6Br5N/c15-8-7-9(16)13(6-4-2-1-3-5-6)20-14(7)12(19)11(18)10(8)17/h1-5,20H. The minimum Gasteiger partial charge on any atom is -0.353 e. The Labute approximate surface area is 158 Å². The molecule has 0 atom stereocenters. The molecular weight excluding hydrogens is 582 g/mol. The first-order chi connectivity index (χ1) is 9.52. The van der Waals surface area contributed by atoms with Gasteiger partial charge in [-0.05, 0) is 85.2 Å². The molecule has 1 nitrogen and oxygen atoms in total. The smallest absolute Gasteiger partial charge is 0.0638 e. The van der Waals surface area contributed by atoms with Gasteiger partial charge in [0.25, 0.3) is 0 Å². The fraction of sp³-hybridized carbons (Fsp3) is 0. The van der Waals surface area contributed by atoms with E-state index < -0.39 is 0 Å². The van der Waals surface area contributed by atoms with Crippen molar-refractivity contribution in [1.29, 1.82) is 0 Å². The summed E-state index contributed by atoms with van der Waals surface area (Å²) >= 11 is 18.2. The number of benzene rings is 2. The van der Waals surface area contributed by atoms with E-state index in [1.807, 2.05) is 18.2 Å². The molecule has 3 aromatic rings. The molecule has 20 heavy (non-hydrogen) atoms. The molecule has 0 aliphatic rings. The molecule has 6 heteroatoms. The lowest BCUT2D eigenvalue weighted by Gasteiger charge is -2.05. The number of halogens is 5. The zero-order chi connectivity index (χ0) is 14.4. The molecule has 0 aliphatic carbocycles. The van der Waals surface area contributed by atoms with Crippen LogP contribution >= 0.6 is 79.6 Å². The van der Waals surface area contributed by atoms with Gasteiger partial charge in [0.2, 0.25) is 0 Å². The van der Waals surface area contributed by atoms with E-state index in [-0.39, 0.29) is 0 Å². The van der Waals surface area contributed by atoms with Gasteiger partial charge >= 0.3 is 0 Å². The lowest BCUT2D eigenvalue weighted by atomic mass is 10.1. The minimum atomic E-state index is 0.977. The van der Waals surface area contributed by atoms with Crippen molar-refractivity contribution in [3.05, 3.63) is 52.7 Å². The Balaban J connectivity index is 2.42. The molecule has 0 aliphatic heterocycles. The average Bonchev–Trinajstić information content (AvgIpc) is 2.81. The summed E-state index contributed by atoms with van der Waals surface area (Å²) in [6.07, 6.45) is 0. The molecule has 0 fully saturated rings. The number of nitrogens with one attached hydrogen (secondary N) is 1. The summed E-state index contributed by atoms with van der Waals surface area (Å²) < 4.78 is 5.00. The number of rotatable bonds is 1. The van der Waals surface area contributed by atoms with Crippen LogP contribution in [0.2, 0.25) is 0 Å². The van der Waals surface area contributed by atoms with Crippen molar-refractivity contribution >= 4 is 90.6 Å². The minimum absolute atomic E-state index is 0.977. The van der Waals surface area contributed by atoms with Crippen molar-refractivity contribution in [2.45, 2.75) is 0 Å². The maximum atomic E-state index is 3.71. The summed E-state index contributed by atoms with van der Waals surface area (Å²) in [7, 11) is 0. The quantitative estimate of drug-likeness (QED) is 0.222.